The highest BCUT2D eigenvalue weighted by atomic mass is 16.5. The summed E-state index contributed by atoms with van der Waals surface area (Å²) in [5.41, 5.74) is 2.10. The number of pyridine rings is 1. The summed E-state index contributed by atoms with van der Waals surface area (Å²) in [6.07, 6.45) is 0. The van der Waals surface area contributed by atoms with E-state index in [1.807, 2.05) is 0 Å². The molecule has 0 aromatic carbocycles. The van der Waals surface area contributed by atoms with Crippen LogP contribution in [-0.2, 0) is 18.0 Å². The topological polar surface area (TPSA) is 64.4 Å². The summed E-state index contributed by atoms with van der Waals surface area (Å²) < 4.78 is 15.4. The Balaban J connectivity index is 2.67. The van der Waals surface area contributed by atoms with E-state index in [0.29, 0.717) is 30.5 Å². The van der Waals surface area contributed by atoms with Crippen molar-refractivity contribution in [2.75, 3.05) is 14.2 Å². The molecular formula is C10H10N2O3. The lowest BCUT2D eigenvalue weighted by Gasteiger charge is -2.09. The second-order valence-electron chi connectivity index (χ2n) is 3.07. The van der Waals surface area contributed by atoms with Crippen molar-refractivity contribution >= 4 is 0 Å². The Labute approximate surface area is 87.2 Å². The van der Waals surface area contributed by atoms with Gasteiger partial charge in [0.2, 0.25) is 11.8 Å². The monoisotopic (exact) mass is 206 g/mol. The number of hydrogen-bond donors (Lipinski definition) is 0. The van der Waals surface area contributed by atoms with Gasteiger partial charge in [0.05, 0.1) is 27.4 Å². The van der Waals surface area contributed by atoms with Crippen molar-refractivity contribution in [1.82, 2.24) is 4.98 Å². The minimum absolute atomic E-state index is 0.290. The predicted octanol–water partition coefficient (Wildman–Crippen LogP) is 1.00. The largest absolute Gasteiger partial charge is 0.481 e. The number of hydrogen-bond acceptors (Lipinski definition) is 5. The summed E-state index contributed by atoms with van der Waals surface area (Å²) in [6.45, 7) is 0.845. The van der Waals surface area contributed by atoms with Crippen LogP contribution in [0.5, 0.6) is 11.8 Å². The molecule has 15 heavy (non-hydrogen) atoms. The Kier molecular flexibility index (Phi) is 2.44. The van der Waals surface area contributed by atoms with E-state index in [4.69, 9.17) is 19.5 Å². The van der Waals surface area contributed by atoms with Crippen LogP contribution in [0.15, 0.2) is 0 Å². The zero-order valence-corrected chi connectivity index (χ0v) is 8.53. The average molecular weight is 206 g/mol. The summed E-state index contributed by atoms with van der Waals surface area (Å²) in [5.74, 6) is 0.761. The molecule has 0 atom stereocenters. The van der Waals surface area contributed by atoms with Crippen molar-refractivity contribution < 1.29 is 14.2 Å². The second kappa shape index (κ2) is 3.75. The minimum Gasteiger partial charge on any atom is -0.481 e. The molecule has 0 saturated carbocycles. The molecule has 0 fully saturated rings. The molecule has 0 saturated heterocycles. The zero-order valence-electron chi connectivity index (χ0n) is 8.53. The van der Waals surface area contributed by atoms with Gasteiger partial charge in [-0.05, 0) is 0 Å². The molecule has 0 aliphatic carbocycles. The van der Waals surface area contributed by atoms with Gasteiger partial charge in [-0.2, -0.15) is 10.2 Å². The summed E-state index contributed by atoms with van der Waals surface area (Å²) in [7, 11) is 3.01. The van der Waals surface area contributed by atoms with Crippen LogP contribution in [0.4, 0.5) is 0 Å². The maximum absolute atomic E-state index is 9.01. The van der Waals surface area contributed by atoms with Crippen LogP contribution in [0.3, 0.4) is 0 Å². The molecule has 78 valence electrons. The first-order chi connectivity index (χ1) is 7.31. The smallest absolute Gasteiger partial charge is 0.235 e. The van der Waals surface area contributed by atoms with E-state index in [-0.39, 0.29) is 0 Å². The molecule has 0 amide bonds. The van der Waals surface area contributed by atoms with E-state index in [9.17, 15) is 0 Å². The van der Waals surface area contributed by atoms with E-state index < -0.39 is 0 Å². The number of nitrogens with zero attached hydrogens (tertiary/aromatic N) is 2. The van der Waals surface area contributed by atoms with E-state index in [2.05, 4.69) is 11.1 Å². The highest BCUT2D eigenvalue weighted by Gasteiger charge is 2.25. The van der Waals surface area contributed by atoms with E-state index in [1.54, 1.807) is 0 Å². The normalized spacial score (nSPS) is 13.1. The van der Waals surface area contributed by atoms with Crippen molar-refractivity contribution in [2.45, 2.75) is 13.2 Å². The molecule has 0 N–H and O–H groups in total. The first kappa shape index (κ1) is 9.74. The van der Waals surface area contributed by atoms with Gasteiger partial charge < -0.3 is 14.2 Å². The maximum Gasteiger partial charge on any atom is 0.235 e. The number of ether oxygens (including phenoxy) is 3. The third kappa shape index (κ3) is 1.39. The number of aromatic nitrogens is 1. The Morgan fingerprint density at radius 2 is 1.87 bits per heavy atom. The molecule has 5 heteroatoms. The number of methoxy groups -OCH3 is 2. The van der Waals surface area contributed by atoms with E-state index in [1.165, 1.54) is 14.2 Å². The molecule has 2 heterocycles. The Morgan fingerprint density at radius 1 is 1.20 bits per heavy atom. The van der Waals surface area contributed by atoms with Crippen LogP contribution in [0.1, 0.15) is 16.7 Å². The molecule has 0 radical (unpaired) electrons. The molecule has 1 aromatic heterocycles. The van der Waals surface area contributed by atoms with Gasteiger partial charge in [-0.1, -0.05) is 0 Å². The minimum atomic E-state index is 0.290. The molecule has 2 rings (SSSR count). The standard InChI is InChI=1S/C10H10N2O3/c1-13-9-6(3-11)7-4-15-5-8(7)10(12-9)14-2/h4-5H2,1-2H3. The van der Waals surface area contributed by atoms with Crippen molar-refractivity contribution in [3.05, 3.63) is 16.7 Å². The van der Waals surface area contributed by atoms with Crippen LogP contribution in [0.25, 0.3) is 0 Å². The first-order valence-electron chi connectivity index (χ1n) is 4.43. The van der Waals surface area contributed by atoms with E-state index in [0.717, 1.165) is 11.1 Å². The highest BCUT2D eigenvalue weighted by Crippen LogP contribution is 2.34. The van der Waals surface area contributed by atoms with Gasteiger partial charge in [0.25, 0.3) is 0 Å². The van der Waals surface area contributed by atoms with Crippen LogP contribution in [0, 0.1) is 11.3 Å². The molecule has 0 unspecified atom stereocenters. The summed E-state index contributed by atoms with van der Waals surface area (Å²) in [5, 5.41) is 9.01. The van der Waals surface area contributed by atoms with Gasteiger partial charge in [-0.15, -0.1) is 0 Å². The zero-order chi connectivity index (χ0) is 10.8. The number of fused-ring (bicyclic) bond motifs is 1. The third-order valence-electron chi connectivity index (χ3n) is 2.33. The molecule has 1 aliphatic heterocycles. The fraction of sp³-hybridized carbons (Fsp3) is 0.400. The Hall–Kier alpha value is -1.80. The molecule has 1 aliphatic rings. The third-order valence-corrected chi connectivity index (χ3v) is 2.33. The molecule has 0 spiro atoms. The second-order valence-corrected chi connectivity index (χ2v) is 3.07. The average Bonchev–Trinajstić information content (AvgIpc) is 2.75. The molecular weight excluding hydrogens is 196 g/mol. The van der Waals surface area contributed by atoms with Crippen LogP contribution < -0.4 is 9.47 Å². The summed E-state index contributed by atoms with van der Waals surface area (Å²) in [4.78, 5) is 4.11. The van der Waals surface area contributed by atoms with Gasteiger partial charge in [0, 0.05) is 11.1 Å². The first-order valence-corrected chi connectivity index (χ1v) is 4.43. The quantitative estimate of drug-likeness (QED) is 0.722. The van der Waals surface area contributed by atoms with Gasteiger partial charge in [-0.3, -0.25) is 0 Å². The maximum atomic E-state index is 9.01. The van der Waals surface area contributed by atoms with Gasteiger partial charge in [-0.25, -0.2) is 0 Å². The Bertz CT molecular complexity index is 437. The van der Waals surface area contributed by atoms with E-state index >= 15 is 0 Å². The Morgan fingerprint density at radius 3 is 2.47 bits per heavy atom. The highest BCUT2D eigenvalue weighted by molar-refractivity contribution is 5.53. The summed E-state index contributed by atoms with van der Waals surface area (Å²) >= 11 is 0. The van der Waals surface area contributed by atoms with Crippen molar-refractivity contribution in [2.24, 2.45) is 0 Å². The predicted molar refractivity (Wildman–Crippen MR) is 50.5 cm³/mol. The SMILES string of the molecule is COc1nc(OC)c2c(c1C#N)COC2. The van der Waals surface area contributed by atoms with Gasteiger partial charge >= 0.3 is 0 Å². The lowest BCUT2D eigenvalue weighted by Crippen LogP contribution is -2.02. The summed E-state index contributed by atoms with van der Waals surface area (Å²) in [6, 6.07) is 2.08. The van der Waals surface area contributed by atoms with Crippen molar-refractivity contribution in [3.63, 3.8) is 0 Å². The molecule has 5 nitrogen and oxygen atoms in total. The van der Waals surface area contributed by atoms with Crippen LogP contribution >= 0.6 is 0 Å². The fourth-order valence-corrected chi connectivity index (χ4v) is 1.62. The van der Waals surface area contributed by atoms with Crippen molar-refractivity contribution in [3.8, 4) is 17.8 Å². The lowest BCUT2D eigenvalue weighted by molar-refractivity contribution is 0.133. The molecule has 1 aromatic rings. The lowest BCUT2D eigenvalue weighted by atomic mass is 10.1. The van der Waals surface area contributed by atoms with Gasteiger partial charge in [0.15, 0.2) is 0 Å². The van der Waals surface area contributed by atoms with Crippen LogP contribution in [0.2, 0.25) is 0 Å². The number of rotatable bonds is 2. The molecule has 0 bridgehead atoms. The number of nitriles is 1. The van der Waals surface area contributed by atoms with Crippen molar-refractivity contribution in [1.29, 1.82) is 5.26 Å². The van der Waals surface area contributed by atoms with Gasteiger partial charge in [0.1, 0.15) is 11.6 Å². The fourth-order valence-electron chi connectivity index (χ4n) is 1.62. The van der Waals surface area contributed by atoms with Crippen LogP contribution in [-0.4, -0.2) is 19.2 Å².